The Labute approximate surface area is 145 Å². The molecule has 1 aliphatic heterocycles. The van der Waals surface area contributed by atoms with Crippen molar-refractivity contribution in [2.24, 2.45) is 5.92 Å². The van der Waals surface area contributed by atoms with Gasteiger partial charge in [0.25, 0.3) is 0 Å². The first-order valence-corrected chi connectivity index (χ1v) is 8.89. The first-order valence-electron chi connectivity index (χ1n) is 10.7. The lowest BCUT2D eigenvalue weighted by molar-refractivity contribution is 0.242. The molecule has 1 fully saturated rings. The molecule has 22 heavy (non-hydrogen) atoms. The number of rotatable bonds is 6. The number of thioether (sulfide) groups is 1. The maximum atomic E-state index is 7.52. The fraction of sp³-hybridized carbons (Fsp3) is 0.556. The van der Waals surface area contributed by atoms with E-state index in [1.165, 1.54) is 11.5 Å². The van der Waals surface area contributed by atoms with Crippen molar-refractivity contribution in [2.75, 3.05) is 38.6 Å². The summed E-state index contributed by atoms with van der Waals surface area (Å²) in [5.74, 6) is 3.67. The Morgan fingerprint density at radius 2 is 2.23 bits per heavy atom. The predicted molar refractivity (Wildman–Crippen MR) is 96.1 cm³/mol. The third kappa shape index (κ3) is 3.79. The Balaban J connectivity index is 1.76. The molecule has 0 unspecified atom stereocenters. The van der Waals surface area contributed by atoms with Crippen LogP contribution in [-0.2, 0) is 6.42 Å². The van der Waals surface area contributed by atoms with Crippen LogP contribution in [0.2, 0.25) is 0 Å². The number of benzene rings is 1. The molecule has 0 radical (unpaired) electrons. The van der Waals surface area contributed by atoms with Gasteiger partial charge in [-0.1, -0.05) is 6.07 Å². The quantitative estimate of drug-likeness (QED) is 0.876. The van der Waals surface area contributed by atoms with Crippen LogP contribution in [0.15, 0.2) is 24.4 Å². The number of hydrogen-bond acceptors (Lipinski definition) is 3. The summed E-state index contributed by atoms with van der Waals surface area (Å²) in [6, 6.07) is 5.78. The topological polar surface area (TPSA) is 28.3 Å². The lowest BCUT2D eigenvalue weighted by Crippen LogP contribution is -2.17. The maximum absolute atomic E-state index is 7.52. The summed E-state index contributed by atoms with van der Waals surface area (Å²) < 4.78 is 51.3. The number of hydrogen-bond donors (Lipinski definition) is 1. The van der Waals surface area contributed by atoms with Gasteiger partial charge >= 0.3 is 0 Å². The molecule has 2 aromatic rings. The number of ether oxygens (including phenoxy) is 1. The van der Waals surface area contributed by atoms with Crippen molar-refractivity contribution in [1.82, 2.24) is 9.88 Å². The van der Waals surface area contributed by atoms with Crippen LogP contribution in [0.3, 0.4) is 0 Å². The van der Waals surface area contributed by atoms with Crippen LogP contribution < -0.4 is 4.74 Å². The zero-order valence-corrected chi connectivity index (χ0v) is 13.4. The highest BCUT2D eigenvalue weighted by Crippen LogP contribution is 2.31. The standard InChI is InChI=1S/C18H26N2OS/c1-20(2)9-6-15-12-19-16-4-3-5-17(18(15)16)21-13-14-7-10-22-11-8-14/h3-5,12,14,19H,6-11,13H2,1-2H3/i1D3,2D3. The fourth-order valence-corrected chi connectivity index (χ4v) is 4.09. The van der Waals surface area contributed by atoms with Gasteiger partial charge in [0.2, 0.25) is 0 Å². The molecule has 3 rings (SSSR count). The smallest absolute Gasteiger partial charge is 0.128 e. The average molecular weight is 325 g/mol. The molecule has 0 atom stereocenters. The van der Waals surface area contributed by atoms with Gasteiger partial charge in [-0.05, 0) is 68.3 Å². The summed E-state index contributed by atoms with van der Waals surface area (Å²) in [6.07, 6.45) is 4.43. The molecule has 0 spiro atoms. The van der Waals surface area contributed by atoms with E-state index in [1.807, 2.05) is 36.2 Å². The molecule has 1 aliphatic rings. The first kappa shape index (κ1) is 9.89. The number of likely N-dealkylation sites (N-methyl/N-ethyl adjacent to an activating group) is 1. The third-order valence-electron chi connectivity index (χ3n) is 4.17. The van der Waals surface area contributed by atoms with E-state index in [2.05, 4.69) is 4.98 Å². The Kier molecular flexibility index (Phi) is 3.34. The van der Waals surface area contributed by atoms with Crippen molar-refractivity contribution in [2.45, 2.75) is 19.3 Å². The van der Waals surface area contributed by atoms with Gasteiger partial charge in [-0.15, -0.1) is 0 Å². The molecular weight excluding hydrogens is 292 g/mol. The molecule has 120 valence electrons. The largest absolute Gasteiger partial charge is 0.493 e. The number of nitrogens with one attached hydrogen (secondary N) is 1. The van der Waals surface area contributed by atoms with E-state index >= 15 is 0 Å². The van der Waals surface area contributed by atoms with E-state index < -0.39 is 14.0 Å². The van der Waals surface area contributed by atoms with E-state index in [4.69, 9.17) is 13.0 Å². The van der Waals surface area contributed by atoms with Crippen molar-refractivity contribution in [3.05, 3.63) is 30.0 Å². The number of H-pyrrole nitrogens is 1. The lowest BCUT2D eigenvalue weighted by atomic mass is 10.0. The van der Waals surface area contributed by atoms with Crippen LogP contribution in [0, 0.1) is 5.92 Å². The molecule has 0 aliphatic carbocycles. The van der Waals surface area contributed by atoms with Gasteiger partial charge in [0.15, 0.2) is 0 Å². The number of fused-ring (bicyclic) bond motifs is 1. The van der Waals surface area contributed by atoms with Crippen LogP contribution in [-0.4, -0.2) is 48.5 Å². The van der Waals surface area contributed by atoms with E-state index in [-0.39, 0.29) is 6.54 Å². The molecule has 1 N–H and O–H groups in total. The second kappa shape index (κ2) is 7.42. The molecule has 0 bridgehead atoms. The molecule has 1 aromatic heterocycles. The third-order valence-corrected chi connectivity index (χ3v) is 5.22. The molecular formula is C18H26N2OS. The zero-order valence-electron chi connectivity index (χ0n) is 18.6. The van der Waals surface area contributed by atoms with Gasteiger partial charge in [-0.2, -0.15) is 11.8 Å². The van der Waals surface area contributed by atoms with Crippen LogP contribution in [0.5, 0.6) is 5.75 Å². The van der Waals surface area contributed by atoms with Crippen molar-refractivity contribution in [1.29, 1.82) is 0 Å². The summed E-state index contributed by atoms with van der Waals surface area (Å²) in [5.41, 5.74) is 1.77. The number of aromatic nitrogens is 1. The Morgan fingerprint density at radius 3 is 3.05 bits per heavy atom. The van der Waals surface area contributed by atoms with Crippen molar-refractivity contribution >= 4 is 22.7 Å². The molecule has 1 aromatic carbocycles. The van der Waals surface area contributed by atoms with E-state index in [0.717, 1.165) is 35.1 Å². The van der Waals surface area contributed by atoms with E-state index in [9.17, 15) is 0 Å². The van der Waals surface area contributed by atoms with Crippen LogP contribution in [0.4, 0.5) is 0 Å². The molecule has 3 nitrogen and oxygen atoms in total. The van der Waals surface area contributed by atoms with Gasteiger partial charge in [-0.25, -0.2) is 0 Å². The molecule has 1 saturated heterocycles. The molecule has 2 heterocycles. The van der Waals surface area contributed by atoms with Crippen LogP contribution >= 0.6 is 11.8 Å². The number of nitrogens with zero attached hydrogens (tertiary/aromatic N) is 1. The van der Waals surface area contributed by atoms with Crippen molar-refractivity contribution in [3.63, 3.8) is 0 Å². The highest BCUT2D eigenvalue weighted by atomic mass is 32.2. The second-order valence-electron chi connectivity index (χ2n) is 5.76. The summed E-state index contributed by atoms with van der Waals surface area (Å²) in [5, 5.41) is 0.906. The average Bonchev–Trinajstić information content (AvgIpc) is 3.02. The minimum atomic E-state index is -2.67. The summed E-state index contributed by atoms with van der Waals surface area (Å²) in [6.45, 7) is -4.76. The Bertz CT molecular complexity index is 768. The first-order chi connectivity index (χ1) is 13.2. The van der Waals surface area contributed by atoms with Crippen molar-refractivity contribution < 1.29 is 13.0 Å². The predicted octanol–water partition coefficient (Wildman–Crippen LogP) is 3.79. The normalized spacial score (nSPS) is 21.7. The maximum Gasteiger partial charge on any atom is 0.128 e. The van der Waals surface area contributed by atoms with E-state index in [0.29, 0.717) is 23.8 Å². The minimum absolute atomic E-state index is 0.0892. The Hall–Kier alpha value is -1.13. The van der Waals surface area contributed by atoms with Crippen LogP contribution in [0.25, 0.3) is 10.9 Å². The summed E-state index contributed by atoms with van der Waals surface area (Å²) in [7, 11) is 0. The van der Waals surface area contributed by atoms with Gasteiger partial charge in [0.05, 0.1) is 6.61 Å². The molecule has 0 amide bonds. The van der Waals surface area contributed by atoms with Crippen molar-refractivity contribution in [3.8, 4) is 5.75 Å². The molecule has 0 saturated carbocycles. The fourth-order valence-electron chi connectivity index (χ4n) is 2.89. The molecule has 4 heteroatoms. The highest BCUT2D eigenvalue weighted by Gasteiger charge is 2.16. The Morgan fingerprint density at radius 1 is 1.36 bits per heavy atom. The summed E-state index contributed by atoms with van der Waals surface area (Å²) >= 11 is 1.98. The van der Waals surface area contributed by atoms with Gasteiger partial charge in [0.1, 0.15) is 5.75 Å². The monoisotopic (exact) mass is 324 g/mol. The SMILES string of the molecule is [2H]C([2H])([2H])N(CCc1c[nH]c2cccc(OCC3CCSCC3)c12)C([2H])([2H])[2H]. The summed E-state index contributed by atoms with van der Waals surface area (Å²) in [4.78, 5) is 3.78. The van der Waals surface area contributed by atoms with E-state index in [1.54, 1.807) is 0 Å². The number of aromatic amines is 1. The van der Waals surface area contributed by atoms with Gasteiger partial charge in [0, 0.05) is 31.9 Å². The van der Waals surface area contributed by atoms with Gasteiger partial charge < -0.3 is 14.6 Å². The van der Waals surface area contributed by atoms with Gasteiger partial charge in [-0.3, -0.25) is 0 Å². The lowest BCUT2D eigenvalue weighted by Gasteiger charge is -2.21. The zero-order chi connectivity index (χ0) is 20.4. The highest BCUT2D eigenvalue weighted by molar-refractivity contribution is 7.99. The second-order valence-corrected chi connectivity index (χ2v) is 6.99. The van der Waals surface area contributed by atoms with Crippen LogP contribution in [0.1, 0.15) is 26.6 Å². The minimum Gasteiger partial charge on any atom is -0.493 e.